The summed E-state index contributed by atoms with van der Waals surface area (Å²) in [5.41, 5.74) is 5.94. The molecule has 0 saturated heterocycles. The highest BCUT2D eigenvalue weighted by molar-refractivity contribution is 4.90. The van der Waals surface area contributed by atoms with Crippen molar-refractivity contribution in [2.45, 2.75) is 32.7 Å². The summed E-state index contributed by atoms with van der Waals surface area (Å²) >= 11 is 0. The average molecular weight is 226 g/mol. The Hall–Kier alpha value is -0.940. The molecule has 1 atom stereocenters. The molecule has 0 aliphatic heterocycles. The van der Waals surface area contributed by atoms with E-state index in [1.807, 2.05) is 14.1 Å². The van der Waals surface area contributed by atoms with E-state index in [4.69, 9.17) is 10.3 Å². The number of hydrogen-bond acceptors (Lipinski definition) is 5. The van der Waals surface area contributed by atoms with Crippen molar-refractivity contribution in [3.8, 4) is 0 Å². The fraction of sp³-hybridized carbons (Fsp3) is 0.818. The number of likely N-dealkylation sites (N-methyl/N-ethyl adjacent to an activating group) is 1. The van der Waals surface area contributed by atoms with Crippen LogP contribution in [0.4, 0.5) is 0 Å². The first-order chi connectivity index (χ1) is 7.49. The van der Waals surface area contributed by atoms with Gasteiger partial charge in [-0.3, -0.25) is 0 Å². The maximum Gasteiger partial charge on any atom is 0.228 e. The Morgan fingerprint density at radius 1 is 1.38 bits per heavy atom. The lowest BCUT2D eigenvalue weighted by molar-refractivity contribution is 0.346. The van der Waals surface area contributed by atoms with E-state index >= 15 is 0 Å². The zero-order valence-electron chi connectivity index (χ0n) is 10.6. The zero-order chi connectivity index (χ0) is 12.1. The van der Waals surface area contributed by atoms with Crippen molar-refractivity contribution in [2.24, 2.45) is 11.7 Å². The first kappa shape index (κ1) is 13.1. The molecule has 1 aromatic heterocycles. The molecule has 0 fully saturated rings. The largest absolute Gasteiger partial charge is 0.339 e. The van der Waals surface area contributed by atoms with Gasteiger partial charge in [0, 0.05) is 25.4 Å². The van der Waals surface area contributed by atoms with Gasteiger partial charge >= 0.3 is 0 Å². The van der Waals surface area contributed by atoms with Gasteiger partial charge in [0.25, 0.3) is 0 Å². The van der Waals surface area contributed by atoms with Gasteiger partial charge in [-0.05, 0) is 20.0 Å². The van der Waals surface area contributed by atoms with Crippen molar-refractivity contribution < 1.29 is 4.52 Å². The molecule has 2 N–H and O–H groups in total. The molecule has 16 heavy (non-hydrogen) atoms. The fourth-order valence-electron chi connectivity index (χ4n) is 1.24. The molecular formula is C11H22N4O. The topological polar surface area (TPSA) is 68.2 Å². The molecule has 1 unspecified atom stereocenters. The third kappa shape index (κ3) is 4.28. The minimum atomic E-state index is 0.0853. The molecule has 1 rings (SSSR count). The summed E-state index contributed by atoms with van der Waals surface area (Å²) in [4.78, 5) is 6.41. The van der Waals surface area contributed by atoms with Gasteiger partial charge in [0.15, 0.2) is 5.82 Å². The summed E-state index contributed by atoms with van der Waals surface area (Å²) in [6.45, 7) is 5.11. The molecule has 5 nitrogen and oxygen atoms in total. The number of rotatable bonds is 6. The first-order valence-electron chi connectivity index (χ1n) is 5.70. The standard InChI is InChI=1S/C11H22N4O/c1-8(2)9(12)7-11-13-10(14-16-11)5-6-15(3)4/h8-9H,5-7,12H2,1-4H3. The molecule has 0 bridgehead atoms. The van der Waals surface area contributed by atoms with Crippen molar-refractivity contribution in [3.63, 3.8) is 0 Å². The number of hydrogen-bond donors (Lipinski definition) is 1. The highest BCUT2D eigenvalue weighted by atomic mass is 16.5. The molecule has 0 aromatic carbocycles. The van der Waals surface area contributed by atoms with Crippen LogP contribution in [0, 0.1) is 5.92 Å². The SMILES string of the molecule is CC(C)C(N)Cc1nc(CCN(C)C)no1. The summed E-state index contributed by atoms with van der Waals surface area (Å²) in [5.74, 6) is 1.84. The summed E-state index contributed by atoms with van der Waals surface area (Å²) in [6.07, 6.45) is 1.47. The van der Waals surface area contributed by atoms with E-state index in [-0.39, 0.29) is 6.04 Å². The van der Waals surface area contributed by atoms with Gasteiger partial charge in [0.2, 0.25) is 5.89 Å². The van der Waals surface area contributed by atoms with Gasteiger partial charge in [0.05, 0.1) is 0 Å². The normalized spacial score (nSPS) is 13.7. The van der Waals surface area contributed by atoms with Crippen molar-refractivity contribution in [3.05, 3.63) is 11.7 Å². The van der Waals surface area contributed by atoms with Crippen LogP contribution in [0.2, 0.25) is 0 Å². The Kier molecular flexibility index (Phi) is 4.89. The van der Waals surface area contributed by atoms with Crippen LogP contribution in [0.5, 0.6) is 0 Å². The van der Waals surface area contributed by atoms with Crippen LogP contribution >= 0.6 is 0 Å². The third-order valence-corrected chi connectivity index (χ3v) is 2.56. The molecule has 1 heterocycles. The second-order valence-corrected chi connectivity index (χ2v) is 4.77. The van der Waals surface area contributed by atoms with E-state index in [2.05, 4.69) is 28.9 Å². The highest BCUT2D eigenvalue weighted by Gasteiger charge is 2.13. The molecule has 0 amide bonds. The molecular weight excluding hydrogens is 204 g/mol. The van der Waals surface area contributed by atoms with Crippen LogP contribution in [0.25, 0.3) is 0 Å². The van der Waals surface area contributed by atoms with E-state index in [1.54, 1.807) is 0 Å². The lowest BCUT2D eigenvalue weighted by atomic mass is 10.0. The van der Waals surface area contributed by atoms with E-state index < -0.39 is 0 Å². The molecule has 0 saturated carbocycles. The Morgan fingerprint density at radius 3 is 2.62 bits per heavy atom. The van der Waals surface area contributed by atoms with Gasteiger partial charge in [-0.15, -0.1) is 0 Å². The van der Waals surface area contributed by atoms with E-state index in [9.17, 15) is 0 Å². The number of aromatic nitrogens is 2. The van der Waals surface area contributed by atoms with Crippen LogP contribution < -0.4 is 5.73 Å². The van der Waals surface area contributed by atoms with Gasteiger partial charge in [0.1, 0.15) is 0 Å². The summed E-state index contributed by atoms with van der Waals surface area (Å²) in [6, 6.07) is 0.0853. The molecule has 0 radical (unpaired) electrons. The molecule has 0 aliphatic rings. The second kappa shape index (κ2) is 5.96. The second-order valence-electron chi connectivity index (χ2n) is 4.77. The van der Waals surface area contributed by atoms with Crippen molar-refractivity contribution >= 4 is 0 Å². The predicted molar refractivity (Wildman–Crippen MR) is 63.1 cm³/mol. The van der Waals surface area contributed by atoms with Crippen molar-refractivity contribution in [1.82, 2.24) is 15.0 Å². The van der Waals surface area contributed by atoms with Crippen LogP contribution in [-0.2, 0) is 12.8 Å². The first-order valence-corrected chi connectivity index (χ1v) is 5.70. The lowest BCUT2D eigenvalue weighted by Gasteiger charge is -2.11. The summed E-state index contributed by atoms with van der Waals surface area (Å²) < 4.78 is 5.16. The van der Waals surface area contributed by atoms with Crippen LogP contribution in [0.15, 0.2) is 4.52 Å². The van der Waals surface area contributed by atoms with E-state index in [0.29, 0.717) is 18.2 Å². The molecule has 92 valence electrons. The lowest BCUT2D eigenvalue weighted by Crippen LogP contribution is -2.28. The van der Waals surface area contributed by atoms with Gasteiger partial charge in [-0.1, -0.05) is 19.0 Å². The Morgan fingerprint density at radius 2 is 2.06 bits per heavy atom. The Labute approximate surface area is 97.0 Å². The summed E-state index contributed by atoms with van der Waals surface area (Å²) in [7, 11) is 4.05. The predicted octanol–water partition coefficient (Wildman–Crippen LogP) is 0.699. The van der Waals surface area contributed by atoms with Crippen LogP contribution in [-0.4, -0.2) is 41.7 Å². The number of nitrogens with zero attached hydrogens (tertiary/aromatic N) is 3. The van der Waals surface area contributed by atoms with E-state index in [1.165, 1.54) is 0 Å². The molecule has 0 spiro atoms. The maximum atomic E-state index is 5.94. The minimum absolute atomic E-state index is 0.0853. The van der Waals surface area contributed by atoms with Gasteiger partial charge in [-0.25, -0.2) is 0 Å². The van der Waals surface area contributed by atoms with Gasteiger partial charge < -0.3 is 15.2 Å². The number of nitrogens with two attached hydrogens (primary N) is 1. The summed E-state index contributed by atoms with van der Waals surface area (Å²) in [5, 5.41) is 3.93. The molecule has 1 aromatic rings. The molecule has 5 heteroatoms. The quantitative estimate of drug-likeness (QED) is 0.773. The fourth-order valence-corrected chi connectivity index (χ4v) is 1.24. The molecule has 0 aliphatic carbocycles. The van der Waals surface area contributed by atoms with E-state index in [0.717, 1.165) is 18.8 Å². The van der Waals surface area contributed by atoms with Crippen LogP contribution in [0.3, 0.4) is 0 Å². The smallest absolute Gasteiger partial charge is 0.228 e. The van der Waals surface area contributed by atoms with Crippen LogP contribution in [0.1, 0.15) is 25.6 Å². The third-order valence-electron chi connectivity index (χ3n) is 2.56. The van der Waals surface area contributed by atoms with Crippen molar-refractivity contribution in [1.29, 1.82) is 0 Å². The zero-order valence-corrected chi connectivity index (χ0v) is 10.6. The minimum Gasteiger partial charge on any atom is -0.339 e. The van der Waals surface area contributed by atoms with Crippen molar-refractivity contribution in [2.75, 3.05) is 20.6 Å². The Bertz CT molecular complexity index is 309. The average Bonchev–Trinajstić information content (AvgIpc) is 2.62. The Balaban J connectivity index is 2.45. The maximum absolute atomic E-state index is 5.94. The monoisotopic (exact) mass is 226 g/mol. The highest BCUT2D eigenvalue weighted by Crippen LogP contribution is 2.07. The van der Waals surface area contributed by atoms with Gasteiger partial charge in [-0.2, -0.15) is 4.98 Å².